The van der Waals surface area contributed by atoms with E-state index < -0.39 is 0 Å². The fourth-order valence-corrected chi connectivity index (χ4v) is 4.89. The third kappa shape index (κ3) is 4.90. The number of aryl methyl sites for hydroxylation is 1. The smallest absolute Gasteiger partial charge is 0.318 e. The number of urea groups is 1. The normalized spacial score (nSPS) is 14.5. The summed E-state index contributed by atoms with van der Waals surface area (Å²) in [4.78, 5) is 29.1. The summed E-state index contributed by atoms with van der Waals surface area (Å²) in [7, 11) is 5.95. The van der Waals surface area contributed by atoms with E-state index in [1.165, 1.54) is 5.57 Å². The minimum absolute atomic E-state index is 0.0308. The van der Waals surface area contributed by atoms with E-state index in [0.29, 0.717) is 13.1 Å². The molecule has 0 radical (unpaired) electrons. The molecule has 0 saturated heterocycles. The molecule has 36 heavy (non-hydrogen) atoms. The van der Waals surface area contributed by atoms with Crippen molar-refractivity contribution in [1.29, 1.82) is 0 Å². The molecule has 4 heterocycles. The average molecular weight is 488 g/mol. The number of fused-ring (bicyclic) bond motifs is 2. The summed E-state index contributed by atoms with van der Waals surface area (Å²) in [6.07, 6.45) is 6.29. The van der Waals surface area contributed by atoms with Crippen molar-refractivity contribution in [3.8, 4) is 0 Å². The van der Waals surface area contributed by atoms with Crippen LogP contribution in [-0.2, 0) is 7.05 Å². The standard InChI is InChI=1S/C26H33N9O/c1-26(2,15-33(3)4)32-25(36)35-10-8-17(9-11-35)21-13-20-23(27-16-28-24(20)31-21)30-19-6-7-22-18(12-19)14-29-34(22)5/h6-8,12-14,16H,9-11,15H2,1-5H3,(H,32,36)(H2,27,28,30,31). The summed E-state index contributed by atoms with van der Waals surface area (Å²) in [5.41, 5.74) is 4.67. The number of nitrogens with one attached hydrogen (secondary N) is 3. The summed E-state index contributed by atoms with van der Waals surface area (Å²) >= 11 is 0. The Morgan fingerprint density at radius 2 is 2.06 bits per heavy atom. The Morgan fingerprint density at radius 3 is 2.81 bits per heavy atom. The number of aromatic nitrogens is 5. The summed E-state index contributed by atoms with van der Waals surface area (Å²) in [6.45, 7) is 6.09. The molecule has 3 aromatic heterocycles. The van der Waals surface area contributed by atoms with Crippen LogP contribution in [0.3, 0.4) is 0 Å². The summed E-state index contributed by atoms with van der Waals surface area (Å²) < 4.78 is 1.85. The monoisotopic (exact) mass is 487 g/mol. The number of carbonyl (C=O) groups excluding carboxylic acids is 1. The third-order valence-corrected chi connectivity index (χ3v) is 6.43. The van der Waals surface area contributed by atoms with Crippen LogP contribution in [0.5, 0.6) is 0 Å². The zero-order chi connectivity index (χ0) is 25.4. The number of rotatable bonds is 6. The molecule has 3 N–H and O–H groups in total. The Labute approximate surface area is 210 Å². The molecule has 0 bridgehead atoms. The van der Waals surface area contributed by atoms with Gasteiger partial charge < -0.3 is 25.4 Å². The van der Waals surface area contributed by atoms with Crippen LogP contribution >= 0.6 is 0 Å². The zero-order valence-electron chi connectivity index (χ0n) is 21.5. The Morgan fingerprint density at radius 1 is 1.22 bits per heavy atom. The Hall–Kier alpha value is -3.92. The molecular weight excluding hydrogens is 454 g/mol. The van der Waals surface area contributed by atoms with E-state index >= 15 is 0 Å². The summed E-state index contributed by atoms with van der Waals surface area (Å²) in [5, 5.41) is 12.9. The van der Waals surface area contributed by atoms with E-state index in [0.717, 1.165) is 52.1 Å². The van der Waals surface area contributed by atoms with Gasteiger partial charge in [0.25, 0.3) is 0 Å². The highest BCUT2D eigenvalue weighted by molar-refractivity contribution is 5.93. The molecule has 5 rings (SSSR count). The van der Waals surface area contributed by atoms with Crippen LogP contribution < -0.4 is 10.6 Å². The van der Waals surface area contributed by atoms with Crippen molar-refractivity contribution < 1.29 is 4.79 Å². The van der Waals surface area contributed by atoms with Gasteiger partial charge in [-0.25, -0.2) is 14.8 Å². The highest BCUT2D eigenvalue weighted by Gasteiger charge is 2.26. The van der Waals surface area contributed by atoms with Gasteiger partial charge in [0.05, 0.1) is 17.1 Å². The number of hydrogen-bond acceptors (Lipinski definition) is 6. The van der Waals surface area contributed by atoms with Gasteiger partial charge in [0.1, 0.15) is 17.8 Å². The van der Waals surface area contributed by atoms with Gasteiger partial charge >= 0.3 is 6.03 Å². The number of anilines is 2. The highest BCUT2D eigenvalue weighted by Crippen LogP contribution is 2.30. The van der Waals surface area contributed by atoms with Crippen molar-refractivity contribution in [1.82, 2.24) is 39.8 Å². The molecule has 0 unspecified atom stereocenters. The van der Waals surface area contributed by atoms with Gasteiger partial charge in [-0.3, -0.25) is 4.68 Å². The maximum Gasteiger partial charge on any atom is 0.318 e. The van der Waals surface area contributed by atoms with Gasteiger partial charge in [-0.2, -0.15) is 5.10 Å². The molecule has 0 saturated carbocycles. The number of likely N-dealkylation sites (N-methyl/N-ethyl adjacent to an activating group) is 1. The molecule has 4 aromatic rings. The maximum absolute atomic E-state index is 12.8. The molecule has 10 nitrogen and oxygen atoms in total. The third-order valence-electron chi connectivity index (χ3n) is 6.43. The molecule has 2 amide bonds. The Balaban J connectivity index is 1.31. The van der Waals surface area contributed by atoms with Gasteiger partial charge in [-0.1, -0.05) is 6.08 Å². The molecule has 0 aliphatic carbocycles. The van der Waals surface area contributed by atoms with E-state index in [-0.39, 0.29) is 11.6 Å². The van der Waals surface area contributed by atoms with Gasteiger partial charge in [0.2, 0.25) is 0 Å². The second kappa shape index (κ2) is 9.27. The molecule has 1 aromatic carbocycles. The SMILES string of the molecule is CN(C)CC(C)(C)NC(=O)N1CC=C(c2cc3c(Nc4ccc5c(cnn5C)c4)ncnc3[nH]2)CC1. The van der Waals surface area contributed by atoms with E-state index in [1.54, 1.807) is 6.33 Å². The quantitative estimate of drug-likeness (QED) is 0.383. The van der Waals surface area contributed by atoms with E-state index in [4.69, 9.17) is 0 Å². The minimum Gasteiger partial charge on any atom is -0.340 e. The molecular formula is C26H33N9O. The minimum atomic E-state index is -0.300. The fourth-order valence-electron chi connectivity index (χ4n) is 4.89. The van der Waals surface area contributed by atoms with Crippen LogP contribution in [0.25, 0.3) is 27.5 Å². The first kappa shape index (κ1) is 23.8. The molecule has 1 aliphatic rings. The number of aromatic amines is 1. The molecule has 1 aliphatic heterocycles. The van der Waals surface area contributed by atoms with E-state index in [1.807, 2.05) is 62.9 Å². The molecule has 0 spiro atoms. The number of carbonyl (C=O) groups is 1. The lowest BCUT2D eigenvalue weighted by Gasteiger charge is -2.34. The van der Waals surface area contributed by atoms with E-state index in [2.05, 4.69) is 53.8 Å². The number of amides is 2. The fraction of sp³-hybridized carbons (Fsp3) is 0.385. The van der Waals surface area contributed by atoms with Gasteiger partial charge in [-0.15, -0.1) is 0 Å². The first-order valence-electron chi connectivity index (χ1n) is 12.1. The lowest BCUT2D eigenvalue weighted by atomic mass is 10.0. The second-order valence-electron chi connectivity index (χ2n) is 10.3. The Bertz CT molecular complexity index is 1450. The number of benzene rings is 1. The van der Waals surface area contributed by atoms with Crippen molar-refractivity contribution in [2.75, 3.05) is 39.0 Å². The second-order valence-corrected chi connectivity index (χ2v) is 10.3. The Kier molecular flexibility index (Phi) is 6.13. The van der Waals surface area contributed by atoms with Gasteiger partial charge in [0, 0.05) is 49.0 Å². The molecule has 0 atom stereocenters. The lowest BCUT2D eigenvalue weighted by Crippen LogP contribution is -2.54. The van der Waals surface area contributed by atoms with Gasteiger partial charge in [0.15, 0.2) is 0 Å². The predicted molar refractivity (Wildman–Crippen MR) is 143 cm³/mol. The van der Waals surface area contributed by atoms with Crippen molar-refractivity contribution in [3.05, 3.63) is 48.6 Å². The van der Waals surface area contributed by atoms with Crippen LogP contribution in [0.1, 0.15) is 26.0 Å². The van der Waals surface area contributed by atoms with Crippen LogP contribution in [0, 0.1) is 0 Å². The topological polar surface area (TPSA) is 107 Å². The molecule has 10 heteroatoms. The van der Waals surface area contributed by atoms with Crippen molar-refractivity contribution in [3.63, 3.8) is 0 Å². The molecule has 188 valence electrons. The summed E-state index contributed by atoms with van der Waals surface area (Å²) in [5.74, 6) is 0.742. The predicted octanol–water partition coefficient (Wildman–Crippen LogP) is 3.73. The largest absolute Gasteiger partial charge is 0.340 e. The zero-order valence-corrected chi connectivity index (χ0v) is 21.5. The van der Waals surface area contributed by atoms with Crippen molar-refractivity contribution in [2.24, 2.45) is 7.05 Å². The first-order chi connectivity index (χ1) is 17.2. The first-order valence-corrected chi connectivity index (χ1v) is 12.1. The number of hydrogen-bond donors (Lipinski definition) is 3. The maximum atomic E-state index is 12.8. The van der Waals surface area contributed by atoms with Crippen molar-refractivity contribution in [2.45, 2.75) is 25.8 Å². The number of H-pyrrole nitrogens is 1. The summed E-state index contributed by atoms with van der Waals surface area (Å²) in [6, 6.07) is 8.18. The van der Waals surface area contributed by atoms with Crippen LogP contribution in [0.4, 0.5) is 16.3 Å². The lowest BCUT2D eigenvalue weighted by molar-refractivity contribution is 0.183. The average Bonchev–Trinajstić information content (AvgIpc) is 3.42. The van der Waals surface area contributed by atoms with Crippen LogP contribution in [0.2, 0.25) is 0 Å². The highest BCUT2D eigenvalue weighted by atomic mass is 16.2. The van der Waals surface area contributed by atoms with Gasteiger partial charge in [-0.05, 0) is 64.2 Å². The van der Waals surface area contributed by atoms with Crippen LogP contribution in [-0.4, -0.2) is 79.8 Å². The van der Waals surface area contributed by atoms with Crippen LogP contribution in [0.15, 0.2) is 42.9 Å². The number of nitrogens with zero attached hydrogens (tertiary/aromatic N) is 6. The van der Waals surface area contributed by atoms with Crippen molar-refractivity contribution >= 4 is 45.0 Å². The van der Waals surface area contributed by atoms with E-state index in [9.17, 15) is 4.79 Å². The molecule has 0 fully saturated rings.